The minimum atomic E-state index is -1.19. The van der Waals surface area contributed by atoms with Crippen LogP contribution in [-0.2, 0) is 11.3 Å². The predicted molar refractivity (Wildman–Crippen MR) is 92.4 cm³/mol. The molecular weight excluding hydrogens is 344 g/mol. The molecule has 0 radical (unpaired) electrons. The maximum Gasteiger partial charge on any atom is 0.337 e. The average molecular weight is 362 g/mol. The number of benzene rings is 1. The molecule has 2 aromatic rings. The van der Waals surface area contributed by atoms with Crippen LogP contribution in [0.2, 0.25) is 0 Å². The molecule has 138 valence electrons. The first kappa shape index (κ1) is 18.8. The quantitative estimate of drug-likeness (QED) is 0.760. The van der Waals surface area contributed by atoms with Gasteiger partial charge in [-0.3, -0.25) is 9.59 Å². The number of carbonyl (C=O) groups is 2. The van der Waals surface area contributed by atoms with E-state index in [0.717, 1.165) is 16.8 Å². The number of nitrogens with zero attached hydrogens (tertiary/aromatic N) is 1. The molecule has 0 atom stereocenters. The van der Waals surface area contributed by atoms with E-state index in [4.69, 9.17) is 19.3 Å². The number of nitrogens with one attached hydrogen (secondary N) is 1. The number of aromatic nitrogens is 1. The molecule has 1 aromatic carbocycles. The van der Waals surface area contributed by atoms with E-state index in [-0.39, 0.29) is 12.1 Å². The van der Waals surface area contributed by atoms with Crippen LogP contribution in [-0.4, -0.2) is 42.9 Å². The van der Waals surface area contributed by atoms with Gasteiger partial charge in [-0.2, -0.15) is 0 Å². The van der Waals surface area contributed by atoms with E-state index in [1.54, 1.807) is 0 Å². The van der Waals surface area contributed by atoms with Gasteiger partial charge in [0.25, 0.3) is 5.56 Å². The summed E-state index contributed by atoms with van der Waals surface area (Å²) in [6.45, 7) is -0.351. The summed E-state index contributed by atoms with van der Waals surface area (Å²) < 4.78 is 16.6. The Bertz CT molecular complexity index is 864. The van der Waals surface area contributed by atoms with Crippen LogP contribution < -0.4 is 25.1 Å². The first-order valence-electron chi connectivity index (χ1n) is 7.43. The minimum Gasteiger partial charge on any atom is -0.493 e. The molecule has 0 aliphatic heterocycles. The second kappa shape index (κ2) is 8.06. The Balaban J connectivity index is 2.24. The summed E-state index contributed by atoms with van der Waals surface area (Å²) in [5.41, 5.74) is -0.216. The fourth-order valence-electron chi connectivity index (χ4n) is 2.29. The Morgan fingerprint density at radius 2 is 1.69 bits per heavy atom. The van der Waals surface area contributed by atoms with Crippen molar-refractivity contribution in [3.63, 3.8) is 0 Å². The zero-order chi connectivity index (χ0) is 19.3. The Labute approximate surface area is 148 Å². The van der Waals surface area contributed by atoms with Gasteiger partial charge in [-0.25, -0.2) is 4.79 Å². The third-order valence-electron chi connectivity index (χ3n) is 3.49. The topological polar surface area (TPSA) is 116 Å². The molecule has 26 heavy (non-hydrogen) atoms. The van der Waals surface area contributed by atoms with E-state index >= 15 is 0 Å². The van der Waals surface area contributed by atoms with Crippen LogP contribution in [0.1, 0.15) is 10.4 Å². The molecule has 1 heterocycles. The normalized spacial score (nSPS) is 10.1. The molecule has 0 saturated carbocycles. The third-order valence-corrected chi connectivity index (χ3v) is 3.49. The van der Waals surface area contributed by atoms with Crippen molar-refractivity contribution in [2.24, 2.45) is 0 Å². The summed E-state index contributed by atoms with van der Waals surface area (Å²) in [4.78, 5) is 35.0. The molecule has 1 aromatic heterocycles. The lowest BCUT2D eigenvalue weighted by Crippen LogP contribution is -2.27. The summed E-state index contributed by atoms with van der Waals surface area (Å²) in [6.07, 6.45) is 1.11. The Hall–Kier alpha value is -3.49. The summed E-state index contributed by atoms with van der Waals surface area (Å²) in [5.74, 6) is -0.634. The highest BCUT2D eigenvalue weighted by Crippen LogP contribution is 2.39. The molecule has 0 aliphatic rings. The number of carbonyl (C=O) groups excluding carboxylic acids is 1. The van der Waals surface area contributed by atoms with Gasteiger partial charge in [-0.05, 0) is 6.07 Å². The van der Waals surface area contributed by atoms with Crippen LogP contribution in [0.25, 0.3) is 0 Å². The van der Waals surface area contributed by atoms with Crippen LogP contribution >= 0.6 is 0 Å². The van der Waals surface area contributed by atoms with Gasteiger partial charge in [0.2, 0.25) is 11.7 Å². The van der Waals surface area contributed by atoms with Crippen LogP contribution in [0.5, 0.6) is 17.2 Å². The number of anilines is 1. The van der Waals surface area contributed by atoms with Gasteiger partial charge >= 0.3 is 5.97 Å². The monoisotopic (exact) mass is 362 g/mol. The number of rotatable bonds is 7. The van der Waals surface area contributed by atoms with E-state index in [1.165, 1.54) is 39.5 Å². The van der Waals surface area contributed by atoms with E-state index in [1.807, 2.05) is 0 Å². The lowest BCUT2D eigenvalue weighted by molar-refractivity contribution is -0.116. The Morgan fingerprint density at radius 1 is 1.08 bits per heavy atom. The SMILES string of the molecule is COc1cc(NC(=O)Cn2cc(C(=O)O)ccc2=O)cc(OC)c1OC. The molecule has 0 spiro atoms. The van der Waals surface area contributed by atoms with Crippen molar-refractivity contribution in [1.29, 1.82) is 0 Å². The first-order chi connectivity index (χ1) is 12.4. The fourth-order valence-corrected chi connectivity index (χ4v) is 2.29. The zero-order valence-electron chi connectivity index (χ0n) is 14.4. The number of carboxylic acids is 1. The van der Waals surface area contributed by atoms with Crippen LogP contribution in [0.15, 0.2) is 35.3 Å². The number of hydrogen-bond donors (Lipinski definition) is 2. The number of methoxy groups -OCH3 is 3. The predicted octanol–water partition coefficient (Wildman–Crippen LogP) is 1.21. The maximum absolute atomic E-state index is 12.2. The Kier molecular flexibility index (Phi) is 5.84. The van der Waals surface area contributed by atoms with Crippen molar-refractivity contribution in [1.82, 2.24) is 4.57 Å². The number of amides is 1. The van der Waals surface area contributed by atoms with E-state index in [2.05, 4.69) is 5.32 Å². The van der Waals surface area contributed by atoms with Crippen molar-refractivity contribution >= 4 is 17.6 Å². The highest BCUT2D eigenvalue weighted by atomic mass is 16.5. The number of aromatic carboxylic acids is 1. The van der Waals surface area contributed by atoms with Gasteiger partial charge in [-0.15, -0.1) is 0 Å². The third kappa shape index (κ3) is 4.12. The number of ether oxygens (including phenoxy) is 3. The molecule has 0 saturated heterocycles. The van der Waals surface area contributed by atoms with Crippen LogP contribution in [0.4, 0.5) is 5.69 Å². The summed E-state index contributed by atoms with van der Waals surface area (Å²) in [7, 11) is 4.35. The van der Waals surface area contributed by atoms with Crippen molar-refractivity contribution in [3.8, 4) is 17.2 Å². The van der Waals surface area contributed by atoms with Crippen molar-refractivity contribution in [2.75, 3.05) is 26.6 Å². The van der Waals surface area contributed by atoms with Gasteiger partial charge in [-0.1, -0.05) is 0 Å². The van der Waals surface area contributed by atoms with Gasteiger partial charge in [0, 0.05) is 30.1 Å². The summed E-state index contributed by atoms with van der Waals surface area (Å²) in [6, 6.07) is 5.35. The standard InChI is InChI=1S/C17H18N2O7/c1-24-12-6-11(7-13(25-2)16(12)26-3)18-14(20)9-19-8-10(17(22)23)4-5-15(19)21/h4-8H,9H2,1-3H3,(H,18,20)(H,22,23). The highest BCUT2D eigenvalue weighted by molar-refractivity contribution is 5.91. The lowest BCUT2D eigenvalue weighted by atomic mass is 10.2. The van der Waals surface area contributed by atoms with Crippen LogP contribution in [0.3, 0.4) is 0 Å². The second-order valence-electron chi connectivity index (χ2n) is 5.15. The molecule has 0 unspecified atom stereocenters. The largest absolute Gasteiger partial charge is 0.493 e. The van der Waals surface area contributed by atoms with Crippen molar-refractivity contribution in [3.05, 3.63) is 46.4 Å². The average Bonchev–Trinajstić information content (AvgIpc) is 2.62. The van der Waals surface area contributed by atoms with E-state index < -0.39 is 17.4 Å². The molecule has 9 nitrogen and oxygen atoms in total. The molecule has 0 aliphatic carbocycles. The second-order valence-corrected chi connectivity index (χ2v) is 5.15. The van der Waals surface area contributed by atoms with E-state index in [0.29, 0.717) is 22.9 Å². The van der Waals surface area contributed by atoms with Crippen molar-refractivity contribution in [2.45, 2.75) is 6.54 Å². The van der Waals surface area contributed by atoms with Gasteiger partial charge in [0.15, 0.2) is 11.5 Å². The van der Waals surface area contributed by atoms with Crippen LogP contribution in [0, 0.1) is 0 Å². The molecule has 1 amide bonds. The summed E-state index contributed by atoms with van der Waals surface area (Å²) >= 11 is 0. The number of carboxylic acid groups (broad SMARTS) is 1. The zero-order valence-corrected chi connectivity index (χ0v) is 14.4. The molecule has 0 fully saturated rings. The minimum absolute atomic E-state index is 0.0924. The number of hydrogen-bond acceptors (Lipinski definition) is 6. The van der Waals surface area contributed by atoms with Gasteiger partial charge < -0.3 is 29.2 Å². The molecule has 2 N–H and O–H groups in total. The first-order valence-corrected chi connectivity index (χ1v) is 7.43. The number of pyridine rings is 1. The van der Waals surface area contributed by atoms with Crippen molar-refractivity contribution < 1.29 is 28.9 Å². The molecule has 0 bridgehead atoms. The highest BCUT2D eigenvalue weighted by Gasteiger charge is 2.15. The Morgan fingerprint density at radius 3 is 2.19 bits per heavy atom. The maximum atomic E-state index is 12.2. The lowest BCUT2D eigenvalue weighted by Gasteiger charge is -2.15. The molecule has 9 heteroatoms. The summed E-state index contributed by atoms with van der Waals surface area (Å²) in [5, 5.41) is 11.6. The molecule has 2 rings (SSSR count). The molecular formula is C17H18N2O7. The van der Waals surface area contributed by atoms with E-state index in [9.17, 15) is 14.4 Å². The fraction of sp³-hybridized carbons (Fsp3) is 0.235. The smallest absolute Gasteiger partial charge is 0.337 e. The van der Waals surface area contributed by atoms with Gasteiger partial charge in [0.1, 0.15) is 6.54 Å². The van der Waals surface area contributed by atoms with Gasteiger partial charge in [0.05, 0.1) is 26.9 Å².